The second-order valence-corrected chi connectivity index (χ2v) is 2.90. The molecule has 0 spiro atoms. The molecule has 0 aliphatic heterocycles. The van der Waals surface area contributed by atoms with Crippen LogP contribution in [0, 0.1) is 6.92 Å². The third-order valence-corrected chi connectivity index (χ3v) is 1.89. The van der Waals surface area contributed by atoms with Crippen LogP contribution in [0.15, 0.2) is 18.2 Å². The summed E-state index contributed by atoms with van der Waals surface area (Å²) in [5.41, 5.74) is 2.10. The van der Waals surface area contributed by atoms with Crippen LogP contribution in [0.5, 0.6) is 0 Å². The van der Waals surface area contributed by atoms with Crippen molar-refractivity contribution < 1.29 is 10.0 Å². The second-order valence-electron chi connectivity index (χ2n) is 2.90. The van der Waals surface area contributed by atoms with Crippen molar-refractivity contribution in [1.82, 2.24) is 0 Å². The number of hydroxylamine groups is 1. The van der Waals surface area contributed by atoms with E-state index in [4.69, 9.17) is 0 Å². The van der Waals surface area contributed by atoms with Gasteiger partial charge in [-0.2, -0.15) is 0 Å². The van der Waals surface area contributed by atoms with Gasteiger partial charge in [0.2, 0.25) is 0 Å². The summed E-state index contributed by atoms with van der Waals surface area (Å²) in [6.45, 7) is 4.20. The van der Waals surface area contributed by atoms with E-state index in [9.17, 15) is 10.0 Å². The molecule has 70 valence electrons. The van der Waals surface area contributed by atoms with Gasteiger partial charge in [0.1, 0.15) is 0 Å². The van der Waals surface area contributed by atoms with E-state index >= 15 is 0 Å². The number of aryl methyl sites for hydroxylation is 1. The molecule has 0 saturated carbocycles. The van der Waals surface area contributed by atoms with Gasteiger partial charge in [0.05, 0.1) is 5.69 Å². The van der Waals surface area contributed by atoms with Gasteiger partial charge in [0.25, 0.3) is 0 Å². The summed E-state index contributed by atoms with van der Waals surface area (Å²) in [7, 11) is 0. The highest BCUT2D eigenvalue weighted by molar-refractivity contribution is 5.84. The number of carbonyl (C=O) groups is 1. The van der Waals surface area contributed by atoms with Crippen LogP contribution in [-0.4, -0.2) is 18.0 Å². The monoisotopic (exact) mass is 179 g/mol. The van der Waals surface area contributed by atoms with Gasteiger partial charge in [-0.15, -0.1) is 0 Å². The number of benzene rings is 1. The first-order valence-electron chi connectivity index (χ1n) is 4.21. The smallest absolute Gasteiger partial charge is 0.152 e. The van der Waals surface area contributed by atoms with Crippen LogP contribution in [0.4, 0.5) is 5.69 Å². The molecule has 0 aromatic heterocycles. The van der Waals surface area contributed by atoms with Crippen LogP contribution >= 0.6 is 0 Å². The summed E-state index contributed by atoms with van der Waals surface area (Å²) in [4.78, 5) is 10.6. The fourth-order valence-electron chi connectivity index (χ4n) is 1.15. The maximum Gasteiger partial charge on any atom is 0.152 e. The molecule has 0 aliphatic rings. The minimum absolute atomic E-state index is 0.463. The molecule has 0 saturated heterocycles. The second kappa shape index (κ2) is 4.05. The lowest BCUT2D eigenvalue weighted by molar-refractivity contribution is 0.112. The van der Waals surface area contributed by atoms with Crippen molar-refractivity contribution in [1.29, 1.82) is 0 Å². The molecule has 13 heavy (non-hydrogen) atoms. The van der Waals surface area contributed by atoms with Gasteiger partial charge in [0.15, 0.2) is 6.29 Å². The SMILES string of the molecule is CCN(O)c1cc(C)ccc1C=O. The van der Waals surface area contributed by atoms with Crippen molar-refractivity contribution in [2.75, 3.05) is 11.6 Å². The fourth-order valence-corrected chi connectivity index (χ4v) is 1.15. The maximum atomic E-state index is 10.6. The van der Waals surface area contributed by atoms with E-state index in [1.54, 1.807) is 12.1 Å². The van der Waals surface area contributed by atoms with Crippen LogP contribution < -0.4 is 5.06 Å². The van der Waals surface area contributed by atoms with E-state index in [0.29, 0.717) is 17.8 Å². The van der Waals surface area contributed by atoms with Crippen molar-refractivity contribution >= 4 is 12.0 Å². The number of nitrogens with zero attached hydrogens (tertiary/aromatic N) is 1. The number of aldehydes is 1. The van der Waals surface area contributed by atoms with Crippen molar-refractivity contribution in [3.8, 4) is 0 Å². The molecule has 0 radical (unpaired) electrons. The molecule has 3 heteroatoms. The highest BCUT2D eigenvalue weighted by atomic mass is 16.5. The lowest BCUT2D eigenvalue weighted by atomic mass is 10.1. The number of hydrogen-bond acceptors (Lipinski definition) is 3. The van der Waals surface area contributed by atoms with Gasteiger partial charge in [-0.25, -0.2) is 0 Å². The predicted molar refractivity (Wildman–Crippen MR) is 51.4 cm³/mol. The normalized spacial score (nSPS) is 9.77. The van der Waals surface area contributed by atoms with Crippen LogP contribution in [0.2, 0.25) is 0 Å². The van der Waals surface area contributed by atoms with Gasteiger partial charge in [-0.1, -0.05) is 6.07 Å². The van der Waals surface area contributed by atoms with Gasteiger partial charge in [-0.05, 0) is 31.5 Å². The first-order chi connectivity index (χ1) is 6.19. The van der Waals surface area contributed by atoms with Crippen LogP contribution in [-0.2, 0) is 0 Å². The summed E-state index contributed by atoms with van der Waals surface area (Å²) < 4.78 is 0. The van der Waals surface area contributed by atoms with E-state index < -0.39 is 0 Å². The zero-order valence-electron chi connectivity index (χ0n) is 7.82. The van der Waals surface area contributed by atoms with Gasteiger partial charge in [-0.3, -0.25) is 15.1 Å². The Labute approximate surface area is 77.6 Å². The van der Waals surface area contributed by atoms with Gasteiger partial charge in [0, 0.05) is 12.1 Å². The van der Waals surface area contributed by atoms with Crippen LogP contribution in [0.25, 0.3) is 0 Å². The standard InChI is InChI=1S/C10H13NO2/c1-3-11(13)10-6-8(2)4-5-9(10)7-12/h4-7,13H,3H2,1-2H3. The zero-order chi connectivity index (χ0) is 9.84. The molecule has 3 nitrogen and oxygen atoms in total. The Balaban J connectivity index is 3.15. The van der Waals surface area contributed by atoms with Crippen molar-refractivity contribution in [3.63, 3.8) is 0 Å². The van der Waals surface area contributed by atoms with E-state index in [-0.39, 0.29) is 0 Å². The quantitative estimate of drug-likeness (QED) is 0.570. The summed E-state index contributed by atoms with van der Waals surface area (Å²) in [5, 5.41) is 10.5. The highest BCUT2D eigenvalue weighted by Gasteiger charge is 2.06. The first-order valence-corrected chi connectivity index (χ1v) is 4.21. The largest absolute Gasteiger partial charge is 0.298 e. The first kappa shape index (κ1) is 9.74. The Morgan fingerprint density at radius 2 is 2.23 bits per heavy atom. The molecule has 1 aromatic carbocycles. The lowest BCUT2D eigenvalue weighted by Crippen LogP contribution is -2.18. The molecular formula is C10H13NO2. The molecule has 0 unspecified atom stereocenters. The predicted octanol–water partition coefficient (Wildman–Crippen LogP) is 2.02. The number of anilines is 1. The van der Waals surface area contributed by atoms with Gasteiger partial charge < -0.3 is 0 Å². The van der Waals surface area contributed by atoms with Crippen molar-refractivity contribution in [2.45, 2.75) is 13.8 Å². The minimum Gasteiger partial charge on any atom is -0.298 e. The third kappa shape index (κ3) is 2.06. The van der Waals surface area contributed by atoms with Gasteiger partial charge >= 0.3 is 0 Å². The van der Waals surface area contributed by atoms with Crippen molar-refractivity contribution in [2.24, 2.45) is 0 Å². The maximum absolute atomic E-state index is 10.6. The molecule has 0 atom stereocenters. The Morgan fingerprint density at radius 3 is 2.77 bits per heavy atom. The van der Waals surface area contributed by atoms with E-state index in [2.05, 4.69) is 0 Å². The number of carbonyl (C=O) groups excluding carboxylic acids is 1. The Hall–Kier alpha value is -1.35. The Morgan fingerprint density at radius 1 is 1.54 bits per heavy atom. The molecule has 0 heterocycles. The number of hydrogen-bond donors (Lipinski definition) is 1. The molecule has 0 bridgehead atoms. The van der Waals surface area contributed by atoms with Crippen LogP contribution in [0.1, 0.15) is 22.8 Å². The van der Waals surface area contributed by atoms with Crippen LogP contribution in [0.3, 0.4) is 0 Å². The molecule has 0 amide bonds. The summed E-state index contributed by atoms with van der Waals surface area (Å²) in [6.07, 6.45) is 0.744. The molecule has 1 N–H and O–H groups in total. The fraction of sp³-hybridized carbons (Fsp3) is 0.300. The number of rotatable bonds is 3. The average Bonchev–Trinajstić information content (AvgIpc) is 2.16. The van der Waals surface area contributed by atoms with E-state index in [0.717, 1.165) is 16.9 Å². The third-order valence-electron chi connectivity index (χ3n) is 1.89. The summed E-state index contributed by atoms with van der Waals surface area (Å²) in [6, 6.07) is 5.33. The Kier molecular flexibility index (Phi) is 3.03. The molecule has 1 aromatic rings. The molecule has 0 aliphatic carbocycles. The zero-order valence-corrected chi connectivity index (χ0v) is 7.82. The average molecular weight is 179 g/mol. The van der Waals surface area contributed by atoms with E-state index in [1.165, 1.54) is 0 Å². The lowest BCUT2D eigenvalue weighted by Gasteiger charge is -2.16. The molecular weight excluding hydrogens is 166 g/mol. The summed E-state index contributed by atoms with van der Waals surface area (Å²) >= 11 is 0. The molecule has 1 rings (SSSR count). The highest BCUT2D eigenvalue weighted by Crippen LogP contribution is 2.18. The minimum atomic E-state index is 0.463. The topological polar surface area (TPSA) is 40.5 Å². The van der Waals surface area contributed by atoms with E-state index in [1.807, 2.05) is 19.9 Å². The summed E-state index contributed by atoms with van der Waals surface area (Å²) in [5.74, 6) is 0. The Bertz CT molecular complexity index is 310. The van der Waals surface area contributed by atoms with Crippen molar-refractivity contribution in [3.05, 3.63) is 29.3 Å². The molecule has 0 fully saturated rings.